The van der Waals surface area contributed by atoms with E-state index in [1.165, 1.54) is 5.56 Å². The van der Waals surface area contributed by atoms with Gasteiger partial charge in [-0.25, -0.2) is 4.68 Å². The van der Waals surface area contributed by atoms with Crippen LogP contribution >= 0.6 is 0 Å². The van der Waals surface area contributed by atoms with Crippen molar-refractivity contribution in [3.63, 3.8) is 0 Å². The van der Waals surface area contributed by atoms with Gasteiger partial charge in [-0.3, -0.25) is 14.8 Å². The Bertz CT molecular complexity index is 1220. The Morgan fingerprint density at radius 3 is 2.70 bits per heavy atom. The highest BCUT2D eigenvalue weighted by molar-refractivity contribution is 5.40. The minimum atomic E-state index is -0.00250. The van der Waals surface area contributed by atoms with Gasteiger partial charge in [0.2, 0.25) is 0 Å². The summed E-state index contributed by atoms with van der Waals surface area (Å²) >= 11 is 0. The van der Waals surface area contributed by atoms with Gasteiger partial charge in [-0.1, -0.05) is 49.6 Å². The summed E-state index contributed by atoms with van der Waals surface area (Å²) in [5, 5.41) is 3.29. The number of aromatic nitrogens is 2. The van der Waals surface area contributed by atoms with Crippen LogP contribution in [0.4, 0.5) is 0 Å². The number of rotatable bonds is 9. The van der Waals surface area contributed by atoms with Gasteiger partial charge in [0.15, 0.2) is 0 Å². The molecule has 6 nitrogen and oxygen atoms in total. The lowest BCUT2D eigenvalue weighted by Crippen LogP contribution is -2.32. The van der Waals surface area contributed by atoms with Gasteiger partial charge in [-0.2, -0.15) is 0 Å². The number of aromatic amines is 1. The molecule has 0 spiro atoms. The Balaban J connectivity index is 1.42. The third-order valence-electron chi connectivity index (χ3n) is 5.77. The number of methoxy groups -OCH3 is 1. The second kappa shape index (κ2) is 10.2. The molecule has 0 saturated heterocycles. The third-order valence-corrected chi connectivity index (χ3v) is 5.77. The SMILES string of the molecule is C=C/C=C(\C=C)COc1ccc(CN2CCc3[nH]n(-c4cccc(OC)c4)c(=O)c3C2)cc1. The lowest BCUT2D eigenvalue weighted by molar-refractivity contribution is 0.244. The molecular formula is C27H29N3O3. The molecule has 0 radical (unpaired) electrons. The van der Waals surface area contributed by atoms with Gasteiger partial charge in [0, 0.05) is 37.8 Å². The highest BCUT2D eigenvalue weighted by Gasteiger charge is 2.23. The number of H-pyrrole nitrogens is 1. The number of ether oxygens (including phenoxy) is 2. The van der Waals surface area contributed by atoms with Gasteiger partial charge in [0.05, 0.1) is 18.4 Å². The van der Waals surface area contributed by atoms with Crippen LogP contribution in [-0.4, -0.2) is 34.9 Å². The number of nitrogens with zero attached hydrogens (tertiary/aromatic N) is 2. The minimum Gasteiger partial charge on any atom is -0.497 e. The lowest BCUT2D eigenvalue weighted by atomic mass is 10.1. The van der Waals surface area contributed by atoms with E-state index >= 15 is 0 Å². The average Bonchev–Trinajstić information content (AvgIpc) is 3.18. The Kier molecular flexibility index (Phi) is 6.95. The molecule has 2 heterocycles. The van der Waals surface area contributed by atoms with E-state index in [1.807, 2.05) is 42.5 Å². The molecular weight excluding hydrogens is 414 g/mol. The van der Waals surface area contributed by atoms with Gasteiger partial charge in [0.1, 0.15) is 18.1 Å². The standard InChI is InChI=1S/C27H29N3O3/c1-4-7-20(5-2)19-33-23-12-10-21(11-13-23)17-29-15-14-26-25(18-29)27(31)30(28-26)22-8-6-9-24(16-22)32-3/h4-13,16,28H,1-2,14-15,17-19H2,3H3/b20-7+. The molecule has 3 aromatic rings. The van der Waals surface area contributed by atoms with Crippen molar-refractivity contribution in [3.8, 4) is 17.2 Å². The predicted octanol–water partition coefficient (Wildman–Crippen LogP) is 4.41. The first-order valence-electron chi connectivity index (χ1n) is 11.0. The molecule has 0 fully saturated rings. The predicted molar refractivity (Wildman–Crippen MR) is 131 cm³/mol. The van der Waals surface area contributed by atoms with E-state index in [4.69, 9.17) is 9.47 Å². The molecule has 1 aromatic heterocycles. The van der Waals surface area contributed by atoms with Crippen LogP contribution in [0.25, 0.3) is 5.69 Å². The molecule has 0 unspecified atom stereocenters. The summed E-state index contributed by atoms with van der Waals surface area (Å²) < 4.78 is 12.7. The van der Waals surface area contributed by atoms with E-state index in [0.29, 0.717) is 13.2 Å². The van der Waals surface area contributed by atoms with Crippen LogP contribution in [0.5, 0.6) is 11.5 Å². The molecule has 6 heteroatoms. The minimum absolute atomic E-state index is 0.00250. The first-order valence-corrected chi connectivity index (χ1v) is 11.0. The van der Waals surface area contributed by atoms with Crippen molar-refractivity contribution in [1.82, 2.24) is 14.7 Å². The molecule has 1 N–H and O–H groups in total. The average molecular weight is 444 g/mol. The van der Waals surface area contributed by atoms with Crippen molar-refractivity contribution >= 4 is 0 Å². The first kappa shape index (κ1) is 22.4. The maximum atomic E-state index is 13.1. The molecule has 2 aromatic carbocycles. The maximum Gasteiger partial charge on any atom is 0.275 e. The van der Waals surface area contributed by atoms with Gasteiger partial charge in [-0.05, 0) is 35.4 Å². The van der Waals surface area contributed by atoms with Crippen LogP contribution in [0.15, 0.2) is 90.3 Å². The number of hydrogen-bond donors (Lipinski definition) is 1. The zero-order valence-corrected chi connectivity index (χ0v) is 18.9. The van der Waals surface area contributed by atoms with E-state index < -0.39 is 0 Å². The van der Waals surface area contributed by atoms with Crippen LogP contribution in [0.3, 0.4) is 0 Å². The molecule has 4 rings (SSSR count). The first-order chi connectivity index (χ1) is 16.1. The molecule has 1 aliphatic rings. The van der Waals surface area contributed by atoms with E-state index in [-0.39, 0.29) is 5.56 Å². The second-order valence-electron chi connectivity index (χ2n) is 7.99. The Morgan fingerprint density at radius 1 is 1.15 bits per heavy atom. The molecule has 0 saturated carbocycles. The van der Waals surface area contributed by atoms with Crippen molar-refractivity contribution in [2.45, 2.75) is 19.5 Å². The van der Waals surface area contributed by atoms with Crippen molar-refractivity contribution in [3.05, 3.63) is 113 Å². The maximum absolute atomic E-state index is 13.1. The fourth-order valence-corrected chi connectivity index (χ4v) is 3.97. The zero-order chi connectivity index (χ0) is 23.2. The summed E-state index contributed by atoms with van der Waals surface area (Å²) in [6, 6.07) is 15.6. The summed E-state index contributed by atoms with van der Waals surface area (Å²) in [5.74, 6) is 1.53. The molecule has 1 aliphatic heterocycles. The van der Waals surface area contributed by atoms with Gasteiger partial charge >= 0.3 is 0 Å². The van der Waals surface area contributed by atoms with Crippen molar-refractivity contribution in [1.29, 1.82) is 0 Å². The monoisotopic (exact) mass is 443 g/mol. The third kappa shape index (κ3) is 5.18. The Labute approximate surface area is 194 Å². The van der Waals surface area contributed by atoms with E-state index in [1.54, 1.807) is 23.9 Å². The van der Waals surface area contributed by atoms with Crippen molar-refractivity contribution < 1.29 is 9.47 Å². The van der Waals surface area contributed by atoms with Crippen molar-refractivity contribution in [2.75, 3.05) is 20.3 Å². The molecule has 0 amide bonds. The van der Waals surface area contributed by atoms with Crippen LogP contribution in [0.2, 0.25) is 0 Å². The van der Waals surface area contributed by atoms with Gasteiger partial charge < -0.3 is 9.47 Å². The molecule has 170 valence electrons. The van der Waals surface area contributed by atoms with Gasteiger partial charge in [0.25, 0.3) is 5.56 Å². The van der Waals surface area contributed by atoms with E-state index in [0.717, 1.165) is 53.5 Å². The van der Waals surface area contributed by atoms with Crippen LogP contribution in [0, 0.1) is 0 Å². The second-order valence-corrected chi connectivity index (χ2v) is 7.99. The Hall–Kier alpha value is -3.77. The summed E-state index contributed by atoms with van der Waals surface area (Å²) in [5.41, 5.74) is 4.77. The van der Waals surface area contributed by atoms with Crippen LogP contribution in [0.1, 0.15) is 16.8 Å². The Morgan fingerprint density at radius 2 is 1.97 bits per heavy atom. The number of fused-ring (bicyclic) bond motifs is 1. The smallest absolute Gasteiger partial charge is 0.275 e. The largest absolute Gasteiger partial charge is 0.497 e. The number of benzene rings is 2. The lowest BCUT2D eigenvalue weighted by Gasteiger charge is -2.25. The van der Waals surface area contributed by atoms with Crippen molar-refractivity contribution in [2.24, 2.45) is 0 Å². The summed E-state index contributed by atoms with van der Waals surface area (Å²) in [7, 11) is 1.62. The normalized spacial score (nSPS) is 13.9. The highest BCUT2D eigenvalue weighted by atomic mass is 16.5. The molecule has 0 bridgehead atoms. The van der Waals surface area contributed by atoms with Crippen LogP contribution in [-0.2, 0) is 19.5 Å². The number of hydrogen-bond acceptors (Lipinski definition) is 4. The summed E-state index contributed by atoms with van der Waals surface area (Å²) in [6.45, 7) is 10.2. The fourth-order valence-electron chi connectivity index (χ4n) is 3.97. The topological polar surface area (TPSA) is 59.5 Å². The number of allylic oxidation sites excluding steroid dienone is 2. The van der Waals surface area contributed by atoms with E-state index in [2.05, 4.69) is 35.3 Å². The zero-order valence-electron chi connectivity index (χ0n) is 18.9. The van der Waals surface area contributed by atoms with Gasteiger partial charge in [-0.15, -0.1) is 0 Å². The fraction of sp³-hybridized carbons (Fsp3) is 0.222. The molecule has 33 heavy (non-hydrogen) atoms. The highest BCUT2D eigenvalue weighted by Crippen LogP contribution is 2.21. The van der Waals surface area contributed by atoms with Crippen LogP contribution < -0.4 is 15.0 Å². The van der Waals surface area contributed by atoms with E-state index in [9.17, 15) is 4.79 Å². The quantitative estimate of drug-likeness (QED) is 0.498. The molecule has 0 aliphatic carbocycles. The number of nitrogens with one attached hydrogen (secondary N) is 1. The summed E-state index contributed by atoms with van der Waals surface area (Å²) in [4.78, 5) is 15.4. The molecule has 0 atom stereocenters. The summed E-state index contributed by atoms with van der Waals surface area (Å²) in [6.07, 6.45) is 6.19.